The van der Waals surface area contributed by atoms with Crippen LogP contribution in [0.15, 0.2) is 22.7 Å². The van der Waals surface area contributed by atoms with E-state index in [2.05, 4.69) is 36.5 Å². The number of hydrogen-bond acceptors (Lipinski definition) is 4. The van der Waals surface area contributed by atoms with Gasteiger partial charge in [-0.3, -0.25) is 0 Å². The molecule has 0 amide bonds. The second kappa shape index (κ2) is 6.09. The molecule has 108 valence electrons. The van der Waals surface area contributed by atoms with Crippen LogP contribution in [0.2, 0.25) is 0 Å². The maximum Gasteiger partial charge on any atom is 0.138 e. The molecule has 0 saturated heterocycles. The van der Waals surface area contributed by atoms with Gasteiger partial charge < -0.3 is 14.6 Å². The molecular weight excluding hydrogens is 252 g/mol. The van der Waals surface area contributed by atoms with Crippen molar-refractivity contribution in [1.29, 1.82) is 0 Å². The second-order valence-corrected chi connectivity index (χ2v) is 5.14. The lowest BCUT2D eigenvalue weighted by atomic mass is 10.1. The zero-order valence-corrected chi connectivity index (χ0v) is 12.8. The predicted octanol–water partition coefficient (Wildman–Crippen LogP) is 3.46. The molecule has 1 aromatic carbocycles. The summed E-state index contributed by atoms with van der Waals surface area (Å²) >= 11 is 0. The highest BCUT2D eigenvalue weighted by Gasteiger charge is 2.15. The minimum Gasteiger partial charge on any atom is -0.496 e. The molecule has 1 unspecified atom stereocenters. The molecule has 0 radical (unpaired) electrons. The predicted molar refractivity (Wildman–Crippen MR) is 79.0 cm³/mol. The van der Waals surface area contributed by atoms with Crippen LogP contribution in [-0.4, -0.2) is 12.3 Å². The van der Waals surface area contributed by atoms with Crippen LogP contribution < -0.4 is 10.1 Å². The van der Waals surface area contributed by atoms with Gasteiger partial charge in [0, 0.05) is 18.2 Å². The van der Waals surface area contributed by atoms with Crippen molar-refractivity contribution in [1.82, 2.24) is 10.5 Å². The Balaban J connectivity index is 2.03. The van der Waals surface area contributed by atoms with Crippen LogP contribution in [0.3, 0.4) is 0 Å². The van der Waals surface area contributed by atoms with Gasteiger partial charge in [-0.05, 0) is 44.9 Å². The molecule has 1 N–H and O–H groups in total. The molecule has 0 bridgehead atoms. The standard InChI is InChI=1S/C16H22N2O2/c1-10-8-14(6-7-15(10)19-5)9-17-11(2)16-12(3)18-20-13(16)4/h6-8,11,17H,9H2,1-5H3. The summed E-state index contributed by atoms with van der Waals surface area (Å²) in [7, 11) is 1.69. The molecule has 4 nitrogen and oxygen atoms in total. The Morgan fingerprint density at radius 2 is 2.05 bits per heavy atom. The van der Waals surface area contributed by atoms with E-state index in [1.165, 1.54) is 5.56 Å². The third kappa shape index (κ3) is 3.02. The largest absolute Gasteiger partial charge is 0.496 e. The zero-order valence-electron chi connectivity index (χ0n) is 12.8. The molecule has 0 fully saturated rings. The zero-order chi connectivity index (χ0) is 14.7. The van der Waals surface area contributed by atoms with E-state index in [0.717, 1.165) is 34.9 Å². The van der Waals surface area contributed by atoms with Gasteiger partial charge in [0.15, 0.2) is 0 Å². The van der Waals surface area contributed by atoms with Gasteiger partial charge in [0.25, 0.3) is 0 Å². The van der Waals surface area contributed by atoms with Crippen LogP contribution >= 0.6 is 0 Å². The SMILES string of the molecule is COc1ccc(CNC(C)c2c(C)noc2C)cc1C. The highest BCUT2D eigenvalue weighted by atomic mass is 16.5. The molecular formula is C16H22N2O2. The molecule has 0 aliphatic carbocycles. The average Bonchev–Trinajstić information content (AvgIpc) is 2.76. The molecule has 1 heterocycles. The topological polar surface area (TPSA) is 47.3 Å². The van der Waals surface area contributed by atoms with E-state index in [1.54, 1.807) is 7.11 Å². The summed E-state index contributed by atoms with van der Waals surface area (Å²) in [6, 6.07) is 6.45. The highest BCUT2D eigenvalue weighted by molar-refractivity contribution is 5.36. The molecule has 2 rings (SSSR count). The van der Waals surface area contributed by atoms with Crippen LogP contribution in [0, 0.1) is 20.8 Å². The van der Waals surface area contributed by atoms with Gasteiger partial charge in [0.05, 0.1) is 12.8 Å². The molecule has 0 aliphatic heterocycles. The number of aryl methyl sites for hydroxylation is 3. The molecule has 2 aromatic rings. The van der Waals surface area contributed by atoms with E-state index >= 15 is 0 Å². The van der Waals surface area contributed by atoms with E-state index in [-0.39, 0.29) is 6.04 Å². The van der Waals surface area contributed by atoms with E-state index in [9.17, 15) is 0 Å². The maximum atomic E-state index is 5.27. The lowest BCUT2D eigenvalue weighted by Crippen LogP contribution is -2.19. The van der Waals surface area contributed by atoms with Crippen molar-refractivity contribution in [3.63, 3.8) is 0 Å². The molecule has 1 atom stereocenters. The minimum atomic E-state index is 0.212. The minimum absolute atomic E-state index is 0.212. The molecule has 20 heavy (non-hydrogen) atoms. The molecule has 0 aliphatic rings. The Bertz CT molecular complexity index is 571. The fraction of sp³-hybridized carbons (Fsp3) is 0.438. The van der Waals surface area contributed by atoms with Gasteiger partial charge in [0.2, 0.25) is 0 Å². The van der Waals surface area contributed by atoms with Gasteiger partial charge in [-0.1, -0.05) is 17.3 Å². The van der Waals surface area contributed by atoms with Crippen molar-refractivity contribution in [2.75, 3.05) is 7.11 Å². The first kappa shape index (κ1) is 14.6. The second-order valence-electron chi connectivity index (χ2n) is 5.14. The summed E-state index contributed by atoms with van der Waals surface area (Å²) in [4.78, 5) is 0. The number of hydrogen-bond donors (Lipinski definition) is 1. The van der Waals surface area contributed by atoms with E-state index < -0.39 is 0 Å². The number of nitrogens with one attached hydrogen (secondary N) is 1. The van der Waals surface area contributed by atoms with Crippen LogP contribution in [0.5, 0.6) is 5.75 Å². The van der Waals surface area contributed by atoms with Crippen molar-refractivity contribution in [3.05, 3.63) is 46.3 Å². The smallest absolute Gasteiger partial charge is 0.138 e. The maximum absolute atomic E-state index is 5.27. The summed E-state index contributed by atoms with van der Waals surface area (Å²) in [6.07, 6.45) is 0. The van der Waals surface area contributed by atoms with Gasteiger partial charge >= 0.3 is 0 Å². The van der Waals surface area contributed by atoms with Crippen LogP contribution in [0.1, 0.15) is 41.1 Å². The van der Waals surface area contributed by atoms with Crippen molar-refractivity contribution < 1.29 is 9.26 Å². The Morgan fingerprint density at radius 1 is 1.30 bits per heavy atom. The summed E-state index contributed by atoms with van der Waals surface area (Å²) in [5, 5.41) is 7.50. The number of nitrogens with zero attached hydrogens (tertiary/aromatic N) is 1. The Kier molecular flexibility index (Phi) is 4.45. The first-order chi connectivity index (χ1) is 9.52. The first-order valence-electron chi connectivity index (χ1n) is 6.82. The number of ether oxygens (including phenoxy) is 1. The third-order valence-corrected chi connectivity index (χ3v) is 3.59. The van der Waals surface area contributed by atoms with Crippen molar-refractivity contribution in [2.24, 2.45) is 0 Å². The number of methoxy groups -OCH3 is 1. The quantitative estimate of drug-likeness (QED) is 0.907. The van der Waals surface area contributed by atoms with Crippen molar-refractivity contribution >= 4 is 0 Å². The number of benzene rings is 1. The van der Waals surface area contributed by atoms with Crippen LogP contribution in [-0.2, 0) is 6.54 Å². The first-order valence-corrected chi connectivity index (χ1v) is 6.82. The Labute approximate surface area is 120 Å². The normalized spacial score (nSPS) is 12.4. The van der Waals surface area contributed by atoms with Crippen molar-refractivity contribution in [2.45, 2.75) is 40.3 Å². The van der Waals surface area contributed by atoms with Gasteiger partial charge in [-0.15, -0.1) is 0 Å². The lowest BCUT2D eigenvalue weighted by Gasteiger charge is -2.14. The molecule has 0 spiro atoms. The van der Waals surface area contributed by atoms with Gasteiger partial charge in [-0.2, -0.15) is 0 Å². The lowest BCUT2D eigenvalue weighted by molar-refractivity contribution is 0.390. The van der Waals surface area contributed by atoms with Crippen molar-refractivity contribution in [3.8, 4) is 5.75 Å². The summed E-state index contributed by atoms with van der Waals surface area (Å²) in [5.41, 5.74) is 4.49. The third-order valence-electron chi connectivity index (χ3n) is 3.59. The van der Waals surface area contributed by atoms with Gasteiger partial charge in [0.1, 0.15) is 11.5 Å². The molecule has 4 heteroatoms. The fourth-order valence-corrected chi connectivity index (χ4v) is 2.53. The average molecular weight is 274 g/mol. The molecule has 1 aromatic heterocycles. The van der Waals surface area contributed by atoms with E-state index in [0.29, 0.717) is 0 Å². The van der Waals surface area contributed by atoms with E-state index in [4.69, 9.17) is 9.26 Å². The Morgan fingerprint density at radius 3 is 2.60 bits per heavy atom. The molecule has 0 saturated carbocycles. The highest BCUT2D eigenvalue weighted by Crippen LogP contribution is 2.22. The number of rotatable bonds is 5. The summed E-state index contributed by atoms with van der Waals surface area (Å²) in [5.74, 6) is 1.81. The van der Waals surface area contributed by atoms with E-state index in [1.807, 2.05) is 19.9 Å². The monoisotopic (exact) mass is 274 g/mol. The fourth-order valence-electron chi connectivity index (χ4n) is 2.53. The van der Waals surface area contributed by atoms with Crippen LogP contribution in [0.4, 0.5) is 0 Å². The van der Waals surface area contributed by atoms with Crippen LogP contribution in [0.25, 0.3) is 0 Å². The summed E-state index contributed by atoms with van der Waals surface area (Å²) < 4.78 is 10.5. The Hall–Kier alpha value is -1.81. The summed E-state index contributed by atoms with van der Waals surface area (Å²) in [6.45, 7) is 8.91. The number of aromatic nitrogens is 1. The van der Waals surface area contributed by atoms with Gasteiger partial charge in [-0.25, -0.2) is 0 Å².